The topological polar surface area (TPSA) is 472 Å². The Hall–Kier alpha value is -0.880. The minimum absolute atomic E-state index is 2.68. The predicted octanol–water partition coefficient (Wildman–Crippen LogP) is -5.57. The summed E-state index contributed by atoms with van der Waals surface area (Å²) in [6.45, 7) is 0. The Bertz CT molecular complexity index is 1180. The lowest BCUT2D eigenvalue weighted by Gasteiger charge is -1.89. The molecule has 0 radical (unpaired) electrons. The zero-order valence-electron chi connectivity index (χ0n) is 15.0. The molecule has 0 bridgehead atoms. The molecule has 0 aromatic rings. The van der Waals surface area contributed by atoms with Gasteiger partial charge in [-0.25, -0.2) is 0 Å². The van der Waals surface area contributed by atoms with E-state index >= 15 is 0 Å². The van der Waals surface area contributed by atoms with Crippen molar-refractivity contribution in [2.45, 2.75) is 0 Å². The van der Waals surface area contributed by atoms with Gasteiger partial charge in [0.2, 0.25) is 0 Å². The predicted molar refractivity (Wildman–Crippen MR) is 96.7 cm³/mol. The largest absolute Gasteiger partial charge is 0.413 e. The Morgan fingerprint density at radius 2 is 0.278 bits per heavy atom. The van der Waals surface area contributed by atoms with Crippen LogP contribution in [0.2, 0.25) is 0 Å². The van der Waals surface area contributed by atoms with E-state index in [9.17, 15) is 67.3 Å². The van der Waals surface area contributed by atoms with Crippen LogP contribution in [0.1, 0.15) is 0 Å². The molecule has 0 saturated heterocycles. The van der Waals surface area contributed by atoms with Crippen LogP contribution >= 0.6 is 0 Å². The minimum Gasteiger partial charge on any atom is -0.263 e. The second-order valence-corrected chi connectivity index (χ2v) is 12.7. The van der Waals surface area contributed by atoms with Crippen LogP contribution in [0.25, 0.3) is 0 Å². The van der Waals surface area contributed by atoms with E-state index in [0.29, 0.717) is 0 Å². The molecule has 36 heteroatoms. The summed E-state index contributed by atoms with van der Waals surface area (Å²) in [7, 11) is -41.0. The van der Waals surface area contributed by atoms with E-state index in [1.165, 1.54) is 0 Å². The summed E-state index contributed by atoms with van der Waals surface area (Å²) in [5.74, 6) is 0. The Morgan fingerprint density at radius 3 is 0.278 bits per heavy atom. The summed E-state index contributed by atoms with van der Waals surface area (Å²) in [4.78, 5) is 0. The lowest BCUT2D eigenvalue weighted by molar-refractivity contribution is 0.339. The van der Waals surface area contributed by atoms with Crippen LogP contribution in [0.3, 0.4) is 0 Å². The fourth-order valence-corrected chi connectivity index (χ4v) is 3.91. The van der Waals surface area contributed by atoms with Gasteiger partial charge in [0, 0.05) is 0 Å². The number of rotatable bonds is 8. The lowest BCUT2D eigenvalue weighted by Crippen LogP contribution is -2.10. The Morgan fingerprint density at radius 1 is 0.222 bits per heavy atom. The molecular weight excluding hydrogens is 705 g/mol. The summed E-state index contributed by atoms with van der Waals surface area (Å²) in [6.07, 6.45) is 0. The van der Waals surface area contributed by atoms with Gasteiger partial charge in [-0.2, -0.15) is 67.3 Å². The average molecular weight is 713 g/mol. The van der Waals surface area contributed by atoms with E-state index in [0.717, 1.165) is 0 Å². The maximum atomic E-state index is 9.44. The lowest BCUT2D eigenvalue weighted by atomic mass is 15.8. The van der Waals surface area contributed by atoms with Crippen LogP contribution in [0, 0.1) is 0 Å². The van der Waals surface area contributed by atoms with E-state index < -0.39 is 83.2 Å². The molecule has 0 aliphatic heterocycles. The Balaban J connectivity index is -0.000000190. The first-order chi connectivity index (χ1) is 14.8. The second kappa shape index (κ2) is 14.3. The molecular formula is H8O28S8. The molecule has 0 aliphatic carbocycles. The molecule has 28 nitrogen and oxygen atoms in total. The van der Waals surface area contributed by atoms with Crippen molar-refractivity contribution in [3.63, 3.8) is 0 Å². The van der Waals surface area contributed by atoms with E-state index in [2.05, 4.69) is 14.5 Å². The molecule has 8 N–H and O–H groups in total. The van der Waals surface area contributed by atoms with E-state index in [1.54, 1.807) is 0 Å². The second-order valence-electron chi connectivity index (χ2n) is 3.69. The highest BCUT2D eigenvalue weighted by molar-refractivity contribution is 7.95. The summed E-state index contributed by atoms with van der Waals surface area (Å²) in [5.41, 5.74) is 0. The van der Waals surface area contributed by atoms with Crippen molar-refractivity contribution in [1.29, 1.82) is 0 Å². The fourth-order valence-electron chi connectivity index (χ4n) is 0.435. The van der Waals surface area contributed by atoms with Crippen LogP contribution in [0.15, 0.2) is 0 Å². The number of hydrogen-bond donors (Lipinski definition) is 8. The standard InChI is InChI=1S/4H2O7S2/c4*1-8(2,3)7-9(4,5)6/h4*(H,1,2,3)(H,4,5,6). The van der Waals surface area contributed by atoms with Crippen LogP contribution in [-0.4, -0.2) is 104 Å². The summed E-state index contributed by atoms with van der Waals surface area (Å²) < 4.78 is 222. The zero-order valence-corrected chi connectivity index (χ0v) is 21.5. The van der Waals surface area contributed by atoms with Crippen LogP contribution < -0.4 is 0 Å². The van der Waals surface area contributed by atoms with Crippen LogP contribution in [0.5, 0.6) is 0 Å². The van der Waals surface area contributed by atoms with Gasteiger partial charge in [-0.1, -0.05) is 0 Å². The van der Waals surface area contributed by atoms with Gasteiger partial charge in [0.05, 0.1) is 0 Å². The van der Waals surface area contributed by atoms with Gasteiger partial charge in [0.15, 0.2) is 0 Å². The quantitative estimate of drug-likeness (QED) is 0.109. The van der Waals surface area contributed by atoms with Crippen LogP contribution in [0.4, 0.5) is 0 Å². The maximum Gasteiger partial charge on any atom is 0.413 e. The summed E-state index contributed by atoms with van der Waals surface area (Å²) in [6, 6.07) is 0. The molecule has 0 aromatic carbocycles. The normalized spacial score (nSPS) is 13.6. The molecule has 0 aliphatic rings. The summed E-state index contributed by atoms with van der Waals surface area (Å²) >= 11 is 0. The maximum absolute atomic E-state index is 9.44. The highest BCUT2D eigenvalue weighted by atomic mass is 32.3. The minimum atomic E-state index is -5.12. The molecule has 0 rings (SSSR count). The zero-order chi connectivity index (χ0) is 30.8. The molecule has 0 saturated carbocycles. The fraction of sp³-hybridized carbons (Fsp3) is 0. The van der Waals surface area contributed by atoms with Crippen molar-refractivity contribution < 1.29 is 118 Å². The van der Waals surface area contributed by atoms with E-state index in [4.69, 9.17) is 36.4 Å². The molecule has 0 amide bonds. The van der Waals surface area contributed by atoms with Gasteiger partial charge in [0.1, 0.15) is 0 Å². The van der Waals surface area contributed by atoms with E-state index in [-0.39, 0.29) is 0 Å². The average Bonchev–Trinajstić information content (AvgIpc) is 2.19. The van der Waals surface area contributed by atoms with Gasteiger partial charge in [-0.15, -0.1) is 14.5 Å². The van der Waals surface area contributed by atoms with Crippen LogP contribution in [-0.2, 0) is 97.7 Å². The molecule has 0 unspecified atom stereocenters. The highest BCUT2D eigenvalue weighted by Crippen LogP contribution is 1.93. The van der Waals surface area contributed by atoms with Crippen molar-refractivity contribution in [3.8, 4) is 0 Å². The SMILES string of the molecule is O=S(=O)(O)OS(=O)(=O)O.O=S(=O)(O)OS(=O)(=O)O.O=S(=O)(O)OS(=O)(=O)O.O=S(=O)(O)OS(=O)(=O)O. The molecule has 0 heterocycles. The van der Waals surface area contributed by atoms with Gasteiger partial charge < -0.3 is 0 Å². The molecule has 0 atom stereocenters. The van der Waals surface area contributed by atoms with Gasteiger partial charge in [-0.3, -0.25) is 36.4 Å². The van der Waals surface area contributed by atoms with Crippen molar-refractivity contribution >= 4 is 83.2 Å². The third-order valence-electron chi connectivity index (χ3n) is 0.688. The van der Waals surface area contributed by atoms with Gasteiger partial charge in [-0.05, 0) is 0 Å². The summed E-state index contributed by atoms with van der Waals surface area (Å²) in [5, 5.41) is 0. The third-order valence-corrected chi connectivity index (χ3v) is 6.19. The first-order valence-corrected chi connectivity index (χ1v) is 16.4. The van der Waals surface area contributed by atoms with Crippen molar-refractivity contribution in [2.24, 2.45) is 0 Å². The first kappa shape index (κ1) is 42.2. The molecule has 0 fully saturated rings. The van der Waals surface area contributed by atoms with E-state index in [1.807, 2.05) is 0 Å². The van der Waals surface area contributed by atoms with Crippen molar-refractivity contribution in [3.05, 3.63) is 0 Å². The van der Waals surface area contributed by atoms with Crippen molar-refractivity contribution in [1.82, 2.24) is 0 Å². The highest BCUT2D eigenvalue weighted by Gasteiger charge is 2.17. The number of hydrogen-bond acceptors (Lipinski definition) is 20. The molecule has 0 spiro atoms. The Labute approximate surface area is 201 Å². The first-order valence-electron chi connectivity index (χ1n) is 5.46. The van der Waals surface area contributed by atoms with Gasteiger partial charge in [0.25, 0.3) is 0 Å². The molecule has 0 aromatic heterocycles. The third kappa shape index (κ3) is 63.9. The Kier molecular flexibility index (Phi) is 16.8. The van der Waals surface area contributed by atoms with Gasteiger partial charge >= 0.3 is 83.2 Å². The molecule has 36 heavy (non-hydrogen) atoms. The van der Waals surface area contributed by atoms with Crippen molar-refractivity contribution in [2.75, 3.05) is 0 Å². The molecule has 224 valence electrons. The monoisotopic (exact) mass is 712 g/mol. The smallest absolute Gasteiger partial charge is 0.263 e.